The van der Waals surface area contributed by atoms with Crippen LogP contribution in [-0.2, 0) is 9.59 Å². The second-order valence-electron chi connectivity index (χ2n) is 9.60. The van der Waals surface area contributed by atoms with Gasteiger partial charge in [0.15, 0.2) is 5.82 Å². The Labute approximate surface area is 188 Å². The second kappa shape index (κ2) is 9.42. The van der Waals surface area contributed by atoms with E-state index in [1.807, 2.05) is 15.5 Å². The minimum atomic E-state index is -0.211. The molecule has 0 unspecified atom stereocenters. The van der Waals surface area contributed by atoms with Gasteiger partial charge in [-0.2, -0.15) is 0 Å². The zero-order chi connectivity index (χ0) is 21.9. The number of nitrogens with zero attached hydrogens (tertiary/aromatic N) is 6. The lowest BCUT2D eigenvalue weighted by atomic mass is 9.97. The molecule has 3 fully saturated rings. The number of carbonyl (C=O) groups excluding carboxylic acids is 2. The smallest absolute Gasteiger partial charge is 0.225 e. The van der Waals surface area contributed by atoms with Gasteiger partial charge in [-0.05, 0) is 31.6 Å². The van der Waals surface area contributed by atoms with Gasteiger partial charge in [0.2, 0.25) is 17.5 Å². The number of likely N-dealkylation sites (tertiary alicyclic amines) is 1. The first kappa shape index (κ1) is 21.2. The Kier molecular flexibility index (Phi) is 6.23. The van der Waals surface area contributed by atoms with Gasteiger partial charge >= 0.3 is 0 Å². The van der Waals surface area contributed by atoms with Crippen molar-refractivity contribution in [2.75, 3.05) is 31.1 Å². The number of fused-ring (bicyclic) bond motifs is 1. The van der Waals surface area contributed by atoms with Gasteiger partial charge in [-0.25, -0.2) is 4.98 Å². The molecule has 0 spiro atoms. The van der Waals surface area contributed by atoms with E-state index in [2.05, 4.69) is 25.4 Å². The summed E-state index contributed by atoms with van der Waals surface area (Å²) in [5, 5.41) is 11.4. The van der Waals surface area contributed by atoms with E-state index in [9.17, 15) is 9.59 Å². The molecule has 1 saturated carbocycles. The van der Waals surface area contributed by atoms with Gasteiger partial charge in [0, 0.05) is 51.0 Å². The molecule has 4 heterocycles. The van der Waals surface area contributed by atoms with E-state index < -0.39 is 0 Å². The van der Waals surface area contributed by atoms with E-state index in [1.165, 1.54) is 25.7 Å². The third-order valence-corrected chi connectivity index (χ3v) is 7.38. The Bertz CT molecular complexity index is 953. The van der Waals surface area contributed by atoms with E-state index in [1.54, 1.807) is 12.5 Å². The molecule has 3 aliphatic rings. The van der Waals surface area contributed by atoms with Crippen molar-refractivity contribution in [3.8, 4) is 0 Å². The van der Waals surface area contributed by atoms with Crippen molar-refractivity contribution < 1.29 is 9.59 Å². The van der Waals surface area contributed by atoms with Gasteiger partial charge in [-0.3, -0.25) is 14.0 Å². The maximum Gasteiger partial charge on any atom is 0.225 e. The largest absolute Gasteiger partial charge is 0.355 e. The number of hydrogen-bond donors (Lipinski definition) is 1. The summed E-state index contributed by atoms with van der Waals surface area (Å²) in [7, 11) is 0. The Hall–Kier alpha value is -2.71. The van der Waals surface area contributed by atoms with Gasteiger partial charge in [0.1, 0.15) is 6.33 Å². The van der Waals surface area contributed by atoms with Crippen LogP contribution in [0.25, 0.3) is 5.65 Å². The summed E-state index contributed by atoms with van der Waals surface area (Å²) in [5.74, 6) is 1.18. The number of carbonyl (C=O) groups is 2. The SMILES string of the molecule is O=C(NC[C@H]1CCCN(c2nccn3cnnc23)C1)[C@@H]1CC(=O)N(C2CCCCCC2)C1. The molecule has 32 heavy (non-hydrogen) atoms. The molecule has 2 aliphatic heterocycles. The summed E-state index contributed by atoms with van der Waals surface area (Å²) in [4.78, 5) is 34.3. The maximum atomic E-state index is 12.9. The summed E-state index contributed by atoms with van der Waals surface area (Å²) in [6.07, 6.45) is 14.9. The molecule has 9 nitrogen and oxygen atoms in total. The number of amides is 2. The second-order valence-corrected chi connectivity index (χ2v) is 9.60. The van der Waals surface area contributed by atoms with Gasteiger partial charge in [-0.1, -0.05) is 25.7 Å². The lowest BCUT2D eigenvalue weighted by molar-refractivity contribution is -0.130. The van der Waals surface area contributed by atoms with E-state index in [4.69, 9.17) is 0 Å². The van der Waals surface area contributed by atoms with Crippen molar-refractivity contribution in [2.24, 2.45) is 11.8 Å². The molecule has 1 aliphatic carbocycles. The predicted molar refractivity (Wildman–Crippen MR) is 120 cm³/mol. The zero-order valence-electron chi connectivity index (χ0n) is 18.7. The molecule has 2 saturated heterocycles. The highest BCUT2D eigenvalue weighted by molar-refractivity contribution is 5.89. The number of anilines is 1. The molecule has 9 heteroatoms. The van der Waals surface area contributed by atoms with E-state index in [0.717, 1.165) is 50.2 Å². The topological polar surface area (TPSA) is 95.7 Å². The average molecular weight is 440 g/mol. The van der Waals surface area contributed by atoms with Crippen molar-refractivity contribution in [1.82, 2.24) is 29.8 Å². The monoisotopic (exact) mass is 439 g/mol. The summed E-state index contributed by atoms with van der Waals surface area (Å²) in [5.41, 5.74) is 0.764. The number of nitrogens with one attached hydrogen (secondary N) is 1. The standard InChI is InChI=1S/C23H33N7O2/c31-20-12-18(15-30(20)19-7-3-1-2-4-8-19)23(32)25-13-17-6-5-10-28(14-17)21-22-27-26-16-29(22)11-9-24-21/h9,11,16-19H,1-8,10,12-15H2,(H,25,32)/t17-,18-/m1/s1. The van der Waals surface area contributed by atoms with Gasteiger partial charge in [0.05, 0.1) is 5.92 Å². The summed E-state index contributed by atoms with van der Waals surface area (Å²) >= 11 is 0. The van der Waals surface area contributed by atoms with Crippen LogP contribution < -0.4 is 10.2 Å². The van der Waals surface area contributed by atoms with Crippen LogP contribution in [0.15, 0.2) is 18.7 Å². The van der Waals surface area contributed by atoms with Crippen molar-refractivity contribution >= 4 is 23.3 Å². The molecule has 2 atom stereocenters. The number of hydrogen-bond acceptors (Lipinski definition) is 6. The molecule has 172 valence electrons. The third-order valence-electron chi connectivity index (χ3n) is 7.38. The van der Waals surface area contributed by atoms with Crippen molar-refractivity contribution in [3.63, 3.8) is 0 Å². The first-order chi connectivity index (χ1) is 15.7. The van der Waals surface area contributed by atoms with Crippen LogP contribution in [0.5, 0.6) is 0 Å². The predicted octanol–water partition coefficient (Wildman–Crippen LogP) is 2.03. The van der Waals surface area contributed by atoms with E-state index >= 15 is 0 Å². The van der Waals surface area contributed by atoms with Crippen LogP contribution >= 0.6 is 0 Å². The van der Waals surface area contributed by atoms with Gasteiger partial charge < -0.3 is 15.1 Å². The Morgan fingerprint density at radius 2 is 1.94 bits per heavy atom. The number of piperidine rings is 1. The fraction of sp³-hybridized carbons (Fsp3) is 0.696. The Morgan fingerprint density at radius 3 is 2.78 bits per heavy atom. The summed E-state index contributed by atoms with van der Waals surface area (Å²) in [6.45, 7) is 2.99. The van der Waals surface area contributed by atoms with Crippen LogP contribution in [0.4, 0.5) is 5.82 Å². The molecule has 2 amide bonds. The fourth-order valence-corrected chi connectivity index (χ4v) is 5.61. The first-order valence-corrected chi connectivity index (χ1v) is 12.2. The highest BCUT2D eigenvalue weighted by Crippen LogP contribution is 2.28. The zero-order valence-corrected chi connectivity index (χ0v) is 18.7. The Morgan fingerprint density at radius 1 is 1.09 bits per heavy atom. The van der Waals surface area contributed by atoms with Crippen LogP contribution in [0.3, 0.4) is 0 Å². The summed E-state index contributed by atoms with van der Waals surface area (Å²) < 4.78 is 1.88. The third kappa shape index (κ3) is 4.42. The summed E-state index contributed by atoms with van der Waals surface area (Å²) in [6, 6.07) is 0.335. The molecular formula is C23H33N7O2. The molecule has 0 bridgehead atoms. The minimum Gasteiger partial charge on any atom is -0.355 e. The Balaban J connectivity index is 1.15. The van der Waals surface area contributed by atoms with Crippen molar-refractivity contribution in [3.05, 3.63) is 18.7 Å². The molecule has 2 aromatic heterocycles. The van der Waals surface area contributed by atoms with E-state index in [0.29, 0.717) is 31.5 Å². The number of rotatable bonds is 5. The average Bonchev–Trinajstić information content (AvgIpc) is 3.36. The lowest BCUT2D eigenvalue weighted by Gasteiger charge is -2.33. The lowest BCUT2D eigenvalue weighted by Crippen LogP contribution is -2.43. The number of aromatic nitrogens is 4. The maximum absolute atomic E-state index is 12.9. The fourth-order valence-electron chi connectivity index (χ4n) is 5.61. The molecular weight excluding hydrogens is 406 g/mol. The molecule has 5 rings (SSSR count). The van der Waals surface area contributed by atoms with Crippen molar-refractivity contribution in [2.45, 2.75) is 63.8 Å². The molecule has 1 N–H and O–H groups in total. The van der Waals surface area contributed by atoms with E-state index in [-0.39, 0.29) is 17.7 Å². The van der Waals surface area contributed by atoms with Crippen LogP contribution in [0.2, 0.25) is 0 Å². The van der Waals surface area contributed by atoms with Crippen LogP contribution in [0.1, 0.15) is 57.8 Å². The first-order valence-electron chi connectivity index (χ1n) is 12.2. The van der Waals surface area contributed by atoms with Crippen LogP contribution in [-0.4, -0.2) is 68.5 Å². The highest BCUT2D eigenvalue weighted by Gasteiger charge is 2.38. The molecule has 2 aromatic rings. The van der Waals surface area contributed by atoms with Gasteiger partial charge in [0.25, 0.3) is 0 Å². The molecule has 0 radical (unpaired) electrons. The van der Waals surface area contributed by atoms with Gasteiger partial charge in [-0.15, -0.1) is 10.2 Å². The quantitative estimate of drug-likeness (QED) is 0.716. The van der Waals surface area contributed by atoms with Crippen molar-refractivity contribution in [1.29, 1.82) is 0 Å². The normalized spacial score (nSPS) is 25.3. The minimum absolute atomic E-state index is 0.0317. The highest BCUT2D eigenvalue weighted by atomic mass is 16.2. The molecule has 0 aromatic carbocycles. The van der Waals surface area contributed by atoms with Crippen LogP contribution in [0, 0.1) is 11.8 Å².